The molecule has 0 saturated carbocycles. The van der Waals surface area contributed by atoms with Crippen LogP contribution in [0.15, 0.2) is 84.3 Å². The molecule has 1 atom stereocenters. The van der Waals surface area contributed by atoms with Crippen molar-refractivity contribution < 1.29 is 13.7 Å². The zero-order chi connectivity index (χ0) is 25.4. The molecule has 1 aromatic carbocycles. The molecule has 0 fully saturated rings. The number of methoxy groups -OCH3 is 1. The highest BCUT2D eigenvalue weighted by molar-refractivity contribution is 7.86. The number of rotatable bonds is 1. The molecule has 0 spiro atoms. The van der Waals surface area contributed by atoms with Crippen LogP contribution in [0.3, 0.4) is 0 Å². The number of nitrogens with zero attached hydrogens (tertiary/aromatic N) is 4. The Labute approximate surface area is 214 Å². The number of ether oxygens (including phenoxy) is 1. The summed E-state index contributed by atoms with van der Waals surface area (Å²) in [5.41, 5.74) is 6.19. The summed E-state index contributed by atoms with van der Waals surface area (Å²) in [4.78, 5) is 31.5. The standard InChI is InChI=1S/C27H20N6O3S/c1-36-27-24-11-19(15-31-27)22-5-6-23-25(32-22)21(7-8-29-23)18-9-16(12-28-14-18)13-30-26(34)17-3-2-4-20(10-17)37(35)33-24/h2-12,14-15,33H,13H2,1H3,(H,30,34). The van der Waals surface area contributed by atoms with E-state index in [-0.39, 0.29) is 18.3 Å². The first kappa shape index (κ1) is 22.7. The third-order valence-corrected chi connectivity index (χ3v) is 7.08. The van der Waals surface area contributed by atoms with Gasteiger partial charge in [0.1, 0.15) is 16.7 Å². The van der Waals surface area contributed by atoms with E-state index in [9.17, 15) is 9.00 Å². The van der Waals surface area contributed by atoms with Crippen LogP contribution in [-0.2, 0) is 17.5 Å². The summed E-state index contributed by atoms with van der Waals surface area (Å²) >= 11 is 0. The van der Waals surface area contributed by atoms with E-state index in [4.69, 9.17) is 9.72 Å². The summed E-state index contributed by atoms with van der Waals surface area (Å²) in [6, 6.07) is 16.1. The van der Waals surface area contributed by atoms with Crippen LogP contribution in [0.25, 0.3) is 33.4 Å². The topological polar surface area (TPSA) is 119 Å². The Balaban J connectivity index is 1.56. The maximum atomic E-state index is 13.2. The van der Waals surface area contributed by atoms with Crippen molar-refractivity contribution in [3.05, 3.63) is 90.5 Å². The van der Waals surface area contributed by atoms with Crippen molar-refractivity contribution in [3.63, 3.8) is 0 Å². The van der Waals surface area contributed by atoms with Crippen molar-refractivity contribution in [1.82, 2.24) is 25.3 Å². The average molecular weight is 509 g/mol. The van der Waals surface area contributed by atoms with Gasteiger partial charge in [0.25, 0.3) is 5.91 Å². The molecule has 37 heavy (non-hydrogen) atoms. The van der Waals surface area contributed by atoms with Crippen molar-refractivity contribution in [3.8, 4) is 28.3 Å². The Morgan fingerprint density at radius 1 is 0.946 bits per heavy atom. The van der Waals surface area contributed by atoms with Gasteiger partial charge < -0.3 is 10.1 Å². The first-order valence-electron chi connectivity index (χ1n) is 11.4. The summed E-state index contributed by atoms with van der Waals surface area (Å²) < 4.78 is 21.6. The summed E-state index contributed by atoms with van der Waals surface area (Å²) in [7, 11) is -0.189. The van der Waals surface area contributed by atoms with Crippen LogP contribution in [0.1, 0.15) is 15.9 Å². The number of hydrogen-bond donors (Lipinski definition) is 2. The smallest absolute Gasteiger partial charge is 0.251 e. The quantitative estimate of drug-likeness (QED) is 0.349. The molecule has 1 aliphatic heterocycles. The molecule has 4 aromatic heterocycles. The Hall–Kier alpha value is -4.70. The summed E-state index contributed by atoms with van der Waals surface area (Å²) in [6.07, 6.45) is 6.87. The molecule has 0 aliphatic carbocycles. The molecular formula is C27H20N6O3S. The van der Waals surface area contributed by atoms with E-state index in [1.54, 1.807) is 55.1 Å². The van der Waals surface area contributed by atoms with E-state index in [1.165, 1.54) is 7.11 Å². The largest absolute Gasteiger partial charge is 0.480 e. The van der Waals surface area contributed by atoms with Gasteiger partial charge in [0.05, 0.1) is 28.7 Å². The van der Waals surface area contributed by atoms with Crippen molar-refractivity contribution in [2.75, 3.05) is 11.8 Å². The maximum absolute atomic E-state index is 13.2. The molecule has 8 bridgehead atoms. The molecule has 6 rings (SSSR count). The molecule has 9 nitrogen and oxygen atoms in total. The zero-order valence-corrected chi connectivity index (χ0v) is 20.5. The molecule has 0 saturated heterocycles. The second-order valence-electron chi connectivity index (χ2n) is 8.37. The Morgan fingerprint density at radius 3 is 2.76 bits per heavy atom. The third-order valence-electron chi connectivity index (χ3n) is 6.00. The minimum absolute atomic E-state index is 0.278. The van der Waals surface area contributed by atoms with Gasteiger partial charge in [0.2, 0.25) is 5.88 Å². The number of carbonyl (C=O) groups is 1. The third kappa shape index (κ3) is 4.38. The van der Waals surface area contributed by atoms with E-state index in [0.717, 1.165) is 22.2 Å². The highest BCUT2D eigenvalue weighted by Gasteiger charge is 2.16. The average Bonchev–Trinajstić information content (AvgIpc) is 2.95. The van der Waals surface area contributed by atoms with Gasteiger partial charge in [0, 0.05) is 53.6 Å². The lowest BCUT2D eigenvalue weighted by Crippen LogP contribution is -2.23. The van der Waals surface area contributed by atoms with Crippen LogP contribution < -0.4 is 14.8 Å². The molecular weight excluding hydrogens is 488 g/mol. The van der Waals surface area contributed by atoms with Crippen LogP contribution in [-0.4, -0.2) is 37.2 Å². The molecule has 10 heteroatoms. The summed E-state index contributed by atoms with van der Waals surface area (Å²) in [6.45, 7) is 0.278. The number of nitrogens with one attached hydrogen (secondary N) is 2. The van der Waals surface area contributed by atoms with Crippen LogP contribution >= 0.6 is 0 Å². The van der Waals surface area contributed by atoms with Gasteiger partial charge >= 0.3 is 0 Å². The van der Waals surface area contributed by atoms with Crippen LogP contribution in [0, 0.1) is 0 Å². The predicted molar refractivity (Wildman–Crippen MR) is 140 cm³/mol. The summed E-state index contributed by atoms with van der Waals surface area (Å²) in [5, 5.41) is 2.92. The van der Waals surface area contributed by atoms with Gasteiger partial charge in [-0.15, -0.1) is 0 Å². The Bertz CT molecular complexity index is 1710. The maximum Gasteiger partial charge on any atom is 0.251 e. The van der Waals surface area contributed by atoms with Crippen LogP contribution in [0.5, 0.6) is 5.88 Å². The minimum Gasteiger partial charge on any atom is -0.480 e. The zero-order valence-electron chi connectivity index (χ0n) is 19.6. The number of amides is 1. The van der Waals surface area contributed by atoms with Crippen molar-refractivity contribution >= 4 is 33.6 Å². The fraction of sp³-hybridized carbons (Fsp3) is 0.0741. The lowest BCUT2D eigenvalue weighted by atomic mass is 10.0. The lowest BCUT2D eigenvalue weighted by molar-refractivity contribution is 0.0950. The number of carbonyl (C=O) groups excluding carboxylic acids is 1. The molecule has 2 N–H and O–H groups in total. The van der Waals surface area contributed by atoms with Crippen LogP contribution in [0.4, 0.5) is 5.69 Å². The molecule has 1 amide bonds. The van der Waals surface area contributed by atoms with Gasteiger partial charge in [-0.25, -0.2) is 14.2 Å². The van der Waals surface area contributed by atoms with Gasteiger partial charge in [0.15, 0.2) is 0 Å². The number of benzene rings is 1. The molecule has 0 radical (unpaired) electrons. The second kappa shape index (κ2) is 9.40. The number of anilines is 1. The van der Waals surface area contributed by atoms with E-state index >= 15 is 0 Å². The molecule has 182 valence electrons. The van der Waals surface area contributed by atoms with E-state index < -0.39 is 11.0 Å². The monoisotopic (exact) mass is 508 g/mol. The van der Waals surface area contributed by atoms with Gasteiger partial charge in [-0.2, -0.15) is 0 Å². The van der Waals surface area contributed by atoms with Crippen molar-refractivity contribution in [1.29, 1.82) is 0 Å². The fourth-order valence-corrected chi connectivity index (χ4v) is 5.07. The van der Waals surface area contributed by atoms with E-state index in [1.807, 2.05) is 24.3 Å². The van der Waals surface area contributed by atoms with E-state index in [2.05, 4.69) is 25.0 Å². The highest BCUT2D eigenvalue weighted by atomic mass is 32.2. The second-order valence-corrected chi connectivity index (χ2v) is 9.58. The van der Waals surface area contributed by atoms with Crippen molar-refractivity contribution in [2.45, 2.75) is 11.4 Å². The van der Waals surface area contributed by atoms with Crippen molar-refractivity contribution in [2.24, 2.45) is 0 Å². The molecule has 5 aromatic rings. The van der Waals surface area contributed by atoms with E-state index in [0.29, 0.717) is 32.9 Å². The Kier molecular flexibility index (Phi) is 5.78. The number of hydrogen-bond acceptors (Lipinski definition) is 7. The fourth-order valence-electron chi connectivity index (χ4n) is 4.17. The number of pyridine rings is 4. The number of fused-ring (bicyclic) bond motifs is 9. The summed E-state index contributed by atoms with van der Waals surface area (Å²) in [5.74, 6) is -0.00119. The highest BCUT2D eigenvalue weighted by Crippen LogP contribution is 2.32. The first-order valence-corrected chi connectivity index (χ1v) is 12.6. The van der Waals surface area contributed by atoms with Crippen LogP contribution in [0.2, 0.25) is 0 Å². The first-order chi connectivity index (χ1) is 18.1. The molecule has 1 unspecified atom stereocenters. The minimum atomic E-state index is -1.68. The Morgan fingerprint density at radius 2 is 1.86 bits per heavy atom. The predicted octanol–water partition coefficient (Wildman–Crippen LogP) is 4.14. The lowest BCUT2D eigenvalue weighted by Gasteiger charge is -2.13. The SMILES string of the molecule is COc1ncc2cc1NS(=O)c1cccc(c1)C(=O)NCc1cncc(c1)-c1ccnc3ccc-2nc13. The molecule has 1 aliphatic rings. The van der Waals surface area contributed by atoms with Gasteiger partial charge in [-0.3, -0.25) is 19.5 Å². The van der Waals surface area contributed by atoms with Gasteiger partial charge in [-0.1, -0.05) is 6.07 Å². The van der Waals surface area contributed by atoms with Gasteiger partial charge in [-0.05, 0) is 54.1 Å². The number of aromatic nitrogens is 4. The normalized spacial score (nSPS) is 14.8. The molecule has 5 heterocycles.